The fraction of sp³-hybridized carbons (Fsp3) is 0.500. The zero-order chi connectivity index (χ0) is 15.5. The number of nitrogens with zero attached hydrogens (tertiary/aromatic N) is 1. The molecule has 2 aliphatic rings. The van der Waals surface area contributed by atoms with Gasteiger partial charge in [0.05, 0.1) is 7.11 Å². The van der Waals surface area contributed by atoms with Gasteiger partial charge < -0.3 is 15.0 Å². The highest BCUT2D eigenvalue weighted by Crippen LogP contribution is 2.34. The number of hydrogen-bond donors (Lipinski definition) is 1. The summed E-state index contributed by atoms with van der Waals surface area (Å²) < 4.78 is 5.10. The minimum atomic E-state index is 0.0195. The number of hydrogen-bond acceptors (Lipinski definition) is 4. The number of methoxy groups -OCH3 is 1. The van der Waals surface area contributed by atoms with Crippen molar-refractivity contribution >= 4 is 5.78 Å². The number of piperidine rings is 1. The van der Waals surface area contributed by atoms with Crippen LogP contribution in [-0.2, 0) is 0 Å². The van der Waals surface area contributed by atoms with Gasteiger partial charge in [-0.05, 0) is 57.0 Å². The Morgan fingerprint density at radius 2 is 1.86 bits per heavy atom. The zero-order valence-corrected chi connectivity index (χ0v) is 13.3. The number of ether oxygens (including phenoxy) is 1. The first-order chi connectivity index (χ1) is 10.7. The van der Waals surface area contributed by atoms with Crippen LogP contribution in [0, 0.1) is 0 Å². The van der Waals surface area contributed by atoms with Gasteiger partial charge in [0.2, 0.25) is 0 Å². The molecule has 3 atom stereocenters. The summed E-state index contributed by atoms with van der Waals surface area (Å²) >= 11 is 0. The van der Waals surface area contributed by atoms with E-state index in [1.54, 1.807) is 25.3 Å². The Labute approximate surface area is 132 Å². The predicted molar refractivity (Wildman–Crippen MR) is 87.2 cm³/mol. The van der Waals surface area contributed by atoms with Gasteiger partial charge in [0.15, 0.2) is 5.78 Å². The molecule has 2 bridgehead atoms. The number of ketones is 1. The summed E-state index contributed by atoms with van der Waals surface area (Å²) in [6, 6.07) is 9.12. The van der Waals surface area contributed by atoms with Crippen molar-refractivity contribution in [1.82, 2.24) is 10.2 Å². The molecule has 4 nitrogen and oxygen atoms in total. The SMILES string of the molecule is COc1ccc(C(=O)/C=C/NC2C[C@H]3CC[C@@H](C2)N3C)cc1. The van der Waals surface area contributed by atoms with Gasteiger partial charge in [-0.15, -0.1) is 0 Å². The zero-order valence-electron chi connectivity index (χ0n) is 13.3. The highest BCUT2D eigenvalue weighted by atomic mass is 16.5. The van der Waals surface area contributed by atoms with Crippen LogP contribution in [0.15, 0.2) is 36.5 Å². The molecule has 2 heterocycles. The quantitative estimate of drug-likeness (QED) is 0.670. The third kappa shape index (κ3) is 3.17. The van der Waals surface area contributed by atoms with Crippen LogP contribution in [0.2, 0.25) is 0 Å². The number of allylic oxidation sites excluding steroid dienone is 1. The average molecular weight is 300 g/mol. The first-order valence-corrected chi connectivity index (χ1v) is 8.00. The molecule has 118 valence electrons. The molecule has 2 fully saturated rings. The Bertz CT molecular complexity index is 539. The fourth-order valence-electron chi connectivity index (χ4n) is 3.66. The normalized spacial score (nSPS) is 28.0. The van der Waals surface area contributed by atoms with E-state index in [1.165, 1.54) is 25.7 Å². The monoisotopic (exact) mass is 300 g/mol. The molecule has 2 aliphatic heterocycles. The van der Waals surface area contributed by atoms with E-state index in [4.69, 9.17) is 4.74 Å². The van der Waals surface area contributed by atoms with Gasteiger partial charge in [-0.3, -0.25) is 4.79 Å². The molecule has 0 saturated carbocycles. The Hall–Kier alpha value is -1.81. The van der Waals surface area contributed by atoms with Gasteiger partial charge in [0, 0.05) is 36.0 Å². The van der Waals surface area contributed by atoms with Crippen molar-refractivity contribution in [3.05, 3.63) is 42.1 Å². The molecule has 0 aliphatic carbocycles. The minimum absolute atomic E-state index is 0.0195. The molecule has 1 aromatic rings. The van der Waals surface area contributed by atoms with Crippen molar-refractivity contribution in [2.75, 3.05) is 14.2 Å². The van der Waals surface area contributed by atoms with Gasteiger partial charge in [-0.25, -0.2) is 0 Å². The van der Waals surface area contributed by atoms with Gasteiger partial charge in [-0.2, -0.15) is 0 Å². The summed E-state index contributed by atoms with van der Waals surface area (Å²) in [5, 5.41) is 3.41. The molecule has 0 amide bonds. The highest BCUT2D eigenvalue weighted by Gasteiger charge is 2.37. The maximum atomic E-state index is 12.1. The van der Waals surface area contributed by atoms with E-state index in [9.17, 15) is 4.79 Å². The van der Waals surface area contributed by atoms with Crippen LogP contribution < -0.4 is 10.1 Å². The highest BCUT2D eigenvalue weighted by molar-refractivity contribution is 6.04. The van der Waals surface area contributed by atoms with Crippen LogP contribution in [0.3, 0.4) is 0 Å². The van der Waals surface area contributed by atoms with E-state index >= 15 is 0 Å². The lowest BCUT2D eigenvalue weighted by atomic mass is 9.98. The number of nitrogens with one attached hydrogen (secondary N) is 1. The molecule has 0 radical (unpaired) electrons. The summed E-state index contributed by atoms with van der Waals surface area (Å²) in [7, 11) is 3.86. The van der Waals surface area contributed by atoms with Crippen LogP contribution >= 0.6 is 0 Å². The lowest BCUT2D eigenvalue weighted by Gasteiger charge is -2.36. The van der Waals surface area contributed by atoms with Crippen LogP contribution in [0.4, 0.5) is 0 Å². The Balaban J connectivity index is 1.52. The topological polar surface area (TPSA) is 41.6 Å². The van der Waals surface area contributed by atoms with Crippen LogP contribution in [0.5, 0.6) is 5.75 Å². The van der Waals surface area contributed by atoms with Crippen molar-refractivity contribution in [2.45, 2.75) is 43.8 Å². The summed E-state index contributed by atoms with van der Waals surface area (Å²) in [6.07, 6.45) is 8.42. The average Bonchev–Trinajstić information content (AvgIpc) is 2.76. The van der Waals surface area contributed by atoms with Crippen molar-refractivity contribution in [1.29, 1.82) is 0 Å². The number of benzene rings is 1. The van der Waals surface area contributed by atoms with Gasteiger partial charge >= 0.3 is 0 Å². The van der Waals surface area contributed by atoms with Crippen molar-refractivity contribution in [3.8, 4) is 5.75 Å². The molecule has 1 unspecified atom stereocenters. The van der Waals surface area contributed by atoms with Crippen LogP contribution in [-0.4, -0.2) is 43.0 Å². The third-order valence-corrected chi connectivity index (χ3v) is 5.04. The maximum absolute atomic E-state index is 12.1. The Morgan fingerprint density at radius 1 is 1.23 bits per heavy atom. The fourth-order valence-corrected chi connectivity index (χ4v) is 3.66. The second-order valence-electron chi connectivity index (χ2n) is 6.31. The first kappa shape index (κ1) is 15.1. The molecule has 4 heteroatoms. The molecule has 0 spiro atoms. The molecular formula is C18H24N2O2. The molecule has 22 heavy (non-hydrogen) atoms. The molecule has 0 aromatic heterocycles. The summed E-state index contributed by atoms with van der Waals surface area (Å²) in [6.45, 7) is 0. The second-order valence-corrected chi connectivity index (χ2v) is 6.31. The van der Waals surface area contributed by atoms with Crippen molar-refractivity contribution in [2.24, 2.45) is 0 Å². The van der Waals surface area contributed by atoms with Crippen molar-refractivity contribution < 1.29 is 9.53 Å². The van der Waals surface area contributed by atoms with Crippen LogP contribution in [0.25, 0.3) is 0 Å². The predicted octanol–water partition coefficient (Wildman–Crippen LogP) is 2.61. The number of fused-ring (bicyclic) bond motifs is 2. The van der Waals surface area contributed by atoms with E-state index in [1.807, 2.05) is 18.3 Å². The number of carbonyl (C=O) groups is 1. The lowest BCUT2D eigenvalue weighted by molar-refractivity contribution is 0.104. The molecule has 2 saturated heterocycles. The van der Waals surface area contributed by atoms with Gasteiger partial charge in [0.25, 0.3) is 0 Å². The largest absolute Gasteiger partial charge is 0.497 e. The smallest absolute Gasteiger partial charge is 0.187 e. The van der Waals surface area contributed by atoms with Gasteiger partial charge in [0.1, 0.15) is 5.75 Å². The van der Waals surface area contributed by atoms with Gasteiger partial charge in [-0.1, -0.05) is 0 Å². The standard InChI is InChI=1S/C18H24N2O2/c1-20-15-5-6-16(20)12-14(11-15)19-10-9-18(21)13-3-7-17(22-2)8-4-13/h3-4,7-10,14-16,19H,5-6,11-12H2,1-2H3/b10-9+/t14?,15-,16+. The molecule has 3 rings (SSSR count). The molecule has 1 N–H and O–H groups in total. The number of carbonyl (C=O) groups excluding carboxylic acids is 1. The lowest BCUT2D eigenvalue weighted by Crippen LogP contribution is -2.45. The Kier molecular flexibility index (Phi) is 4.48. The summed E-state index contributed by atoms with van der Waals surface area (Å²) in [5.41, 5.74) is 0.683. The minimum Gasteiger partial charge on any atom is -0.497 e. The third-order valence-electron chi connectivity index (χ3n) is 5.04. The van der Waals surface area contributed by atoms with E-state index in [0.717, 1.165) is 5.75 Å². The maximum Gasteiger partial charge on any atom is 0.187 e. The van der Waals surface area contributed by atoms with E-state index in [2.05, 4.69) is 17.3 Å². The molecular weight excluding hydrogens is 276 g/mol. The van der Waals surface area contributed by atoms with Crippen LogP contribution in [0.1, 0.15) is 36.0 Å². The molecule has 1 aromatic carbocycles. The summed E-state index contributed by atoms with van der Waals surface area (Å²) in [4.78, 5) is 14.6. The van der Waals surface area contributed by atoms with E-state index in [0.29, 0.717) is 23.7 Å². The first-order valence-electron chi connectivity index (χ1n) is 8.00. The Morgan fingerprint density at radius 3 is 2.45 bits per heavy atom. The van der Waals surface area contributed by atoms with E-state index in [-0.39, 0.29) is 5.78 Å². The summed E-state index contributed by atoms with van der Waals surface area (Å²) in [5.74, 6) is 0.784. The van der Waals surface area contributed by atoms with E-state index < -0.39 is 0 Å². The van der Waals surface area contributed by atoms with Crippen molar-refractivity contribution in [3.63, 3.8) is 0 Å². The number of rotatable bonds is 5. The second kappa shape index (κ2) is 6.53.